The highest BCUT2D eigenvalue weighted by molar-refractivity contribution is 6.25. The third-order valence-corrected chi connectivity index (χ3v) is 11.5. The van der Waals surface area contributed by atoms with E-state index in [1.165, 1.54) is 17.5 Å². The van der Waals surface area contributed by atoms with E-state index in [-0.39, 0.29) is 23.3 Å². The van der Waals surface area contributed by atoms with E-state index in [0.717, 1.165) is 49.6 Å². The second-order valence-electron chi connectivity index (χ2n) is 12.4. The zero-order valence-corrected chi connectivity index (χ0v) is 21.5. The Bertz CT molecular complexity index is 1230. The van der Waals surface area contributed by atoms with Crippen molar-refractivity contribution in [2.75, 3.05) is 14.1 Å². The Labute approximate surface area is 211 Å². The lowest BCUT2D eigenvalue weighted by Crippen LogP contribution is -2.72. The number of allylic oxidation sites excluding steroid dienone is 2. The summed E-state index contributed by atoms with van der Waals surface area (Å²) in [5.74, 6) is 0.151. The first kappa shape index (κ1) is 22.7. The lowest BCUT2D eigenvalue weighted by atomic mass is 9.52. The highest BCUT2D eigenvalue weighted by Crippen LogP contribution is 2.73. The van der Waals surface area contributed by atoms with Crippen molar-refractivity contribution in [1.29, 1.82) is 0 Å². The van der Waals surface area contributed by atoms with E-state index in [9.17, 15) is 10.2 Å². The molecule has 1 aromatic heterocycles. The summed E-state index contributed by atoms with van der Waals surface area (Å²) in [6.07, 6.45) is 8.33. The van der Waals surface area contributed by atoms with Crippen LogP contribution in [0.4, 0.5) is 0 Å². The van der Waals surface area contributed by atoms with Crippen molar-refractivity contribution in [3.63, 3.8) is 0 Å². The average molecular weight is 499 g/mol. The van der Waals surface area contributed by atoms with Crippen LogP contribution >= 0.6 is 11.6 Å². The molecule has 1 aromatic carbocycles. The lowest BCUT2D eigenvalue weighted by Gasteiger charge is -2.65. The summed E-state index contributed by atoms with van der Waals surface area (Å²) in [5, 5.41) is 22.2. The molecule has 5 aliphatic rings. The smallest absolute Gasteiger partial charge is 0.181 e. The van der Waals surface area contributed by atoms with Gasteiger partial charge < -0.3 is 24.3 Å². The van der Waals surface area contributed by atoms with Crippen molar-refractivity contribution >= 4 is 28.3 Å². The van der Waals surface area contributed by atoms with Gasteiger partial charge in [-0.05, 0) is 87.7 Å². The molecule has 35 heavy (non-hydrogen) atoms. The molecular formula is C28H35ClN2O4. The number of alkyl halides is 1. The number of ether oxygens (including phenoxy) is 1. The van der Waals surface area contributed by atoms with E-state index in [4.69, 9.17) is 20.8 Å². The van der Waals surface area contributed by atoms with Crippen LogP contribution in [0.2, 0.25) is 0 Å². The van der Waals surface area contributed by atoms with E-state index in [1.54, 1.807) is 0 Å². The molecule has 2 aliphatic heterocycles. The molecule has 7 heteroatoms. The molecule has 3 heterocycles. The Hall–Kier alpha value is -1.44. The second-order valence-corrected chi connectivity index (χ2v) is 13.1. The SMILES string of the molecule is CN(C)C1CC23CCC4(O2)C2CC=C(c5ccc6ncoc6c5)C2(C)CCC4(Cl)CC3C(O)C1O. The first-order valence-electron chi connectivity index (χ1n) is 13.1. The highest BCUT2D eigenvalue weighted by atomic mass is 35.5. The summed E-state index contributed by atoms with van der Waals surface area (Å²) < 4.78 is 12.9. The largest absolute Gasteiger partial charge is 0.443 e. The normalized spacial score (nSPS) is 48.5. The minimum atomic E-state index is -0.818. The van der Waals surface area contributed by atoms with Crippen molar-refractivity contribution in [1.82, 2.24) is 9.88 Å². The molecule has 6 nitrogen and oxygen atoms in total. The van der Waals surface area contributed by atoms with Gasteiger partial charge in [0.25, 0.3) is 0 Å². The van der Waals surface area contributed by atoms with Gasteiger partial charge in [0.05, 0.1) is 28.3 Å². The predicted molar refractivity (Wildman–Crippen MR) is 134 cm³/mol. The Kier molecular flexibility index (Phi) is 4.62. The number of aliphatic hydroxyl groups excluding tert-OH is 2. The zero-order valence-electron chi connectivity index (χ0n) is 20.7. The predicted octanol–water partition coefficient (Wildman–Crippen LogP) is 4.37. The van der Waals surface area contributed by atoms with Crippen LogP contribution in [0.1, 0.15) is 57.4 Å². The number of fused-ring (bicyclic) bond motifs is 2. The Morgan fingerprint density at radius 1 is 1.09 bits per heavy atom. The van der Waals surface area contributed by atoms with Gasteiger partial charge in [-0.25, -0.2) is 4.98 Å². The van der Waals surface area contributed by atoms with Gasteiger partial charge in [-0.15, -0.1) is 11.6 Å². The number of hydrogen-bond acceptors (Lipinski definition) is 6. The minimum absolute atomic E-state index is 0.0435. The fourth-order valence-corrected chi connectivity index (χ4v) is 9.56. The zero-order chi connectivity index (χ0) is 24.4. The maximum Gasteiger partial charge on any atom is 0.181 e. The molecule has 2 saturated heterocycles. The molecule has 3 aliphatic carbocycles. The van der Waals surface area contributed by atoms with Gasteiger partial charge >= 0.3 is 0 Å². The van der Waals surface area contributed by atoms with Gasteiger partial charge in [0.2, 0.25) is 0 Å². The molecule has 2 bridgehead atoms. The van der Waals surface area contributed by atoms with Crippen molar-refractivity contribution in [3.05, 3.63) is 36.2 Å². The molecule has 9 unspecified atom stereocenters. The van der Waals surface area contributed by atoms with Crippen LogP contribution in [0.5, 0.6) is 0 Å². The molecule has 0 amide bonds. The summed E-state index contributed by atoms with van der Waals surface area (Å²) in [7, 11) is 3.96. The van der Waals surface area contributed by atoms with Gasteiger partial charge in [-0.1, -0.05) is 19.1 Å². The minimum Gasteiger partial charge on any atom is -0.443 e. The number of halogens is 1. The van der Waals surface area contributed by atoms with E-state index in [0.29, 0.717) is 6.42 Å². The number of hydrogen-bond donors (Lipinski definition) is 2. The fourth-order valence-electron chi connectivity index (χ4n) is 9.03. The fraction of sp³-hybridized carbons (Fsp3) is 0.679. The standard InChI is InChI=1S/C28H35ClN2O4/c1-25-8-10-27(29)13-18-23(32)24(33)20(31(2)3)14-26(18)9-11-28(27,35-26)22(25)7-5-17(25)16-4-6-19-21(12-16)34-15-30-19/h4-6,12,15,18,20,22-24,32-33H,7-11,13-14H2,1-3H3. The maximum atomic E-state index is 11.3. The van der Waals surface area contributed by atoms with Crippen LogP contribution < -0.4 is 0 Å². The van der Waals surface area contributed by atoms with Crippen LogP contribution in [-0.2, 0) is 4.74 Å². The van der Waals surface area contributed by atoms with E-state index in [2.05, 4.69) is 30.1 Å². The number of aromatic nitrogens is 1. The molecule has 188 valence electrons. The number of oxazole rings is 1. The maximum absolute atomic E-state index is 11.3. The second kappa shape index (κ2) is 7.11. The number of aliphatic hydroxyl groups is 2. The Morgan fingerprint density at radius 3 is 2.71 bits per heavy atom. The molecule has 9 atom stereocenters. The lowest BCUT2D eigenvalue weighted by molar-refractivity contribution is -0.276. The van der Waals surface area contributed by atoms with Gasteiger partial charge in [0.1, 0.15) is 5.52 Å². The van der Waals surface area contributed by atoms with Crippen LogP contribution in [-0.4, -0.2) is 68.5 Å². The van der Waals surface area contributed by atoms with Gasteiger partial charge in [0.15, 0.2) is 12.0 Å². The first-order valence-corrected chi connectivity index (χ1v) is 13.5. The summed E-state index contributed by atoms with van der Waals surface area (Å²) in [4.78, 5) is 5.80. The quantitative estimate of drug-likeness (QED) is 0.598. The van der Waals surface area contributed by atoms with Crippen LogP contribution in [0.15, 0.2) is 35.1 Å². The summed E-state index contributed by atoms with van der Waals surface area (Å²) in [5.41, 5.74) is 3.37. The highest BCUT2D eigenvalue weighted by Gasteiger charge is 2.76. The summed E-state index contributed by atoms with van der Waals surface area (Å²) in [6, 6.07) is 6.20. The number of benzene rings is 1. The number of rotatable bonds is 2. The van der Waals surface area contributed by atoms with Crippen LogP contribution in [0.3, 0.4) is 0 Å². The first-order chi connectivity index (χ1) is 16.6. The van der Waals surface area contributed by atoms with Crippen molar-refractivity contribution in [3.8, 4) is 0 Å². The van der Waals surface area contributed by atoms with Crippen molar-refractivity contribution < 1.29 is 19.4 Å². The van der Waals surface area contributed by atoms with E-state index < -0.39 is 28.3 Å². The molecule has 2 N–H and O–H groups in total. The number of likely N-dealkylation sites (N-methyl/N-ethyl adjacent to an activating group) is 1. The Balaban J connectivity index is 1.28. The van der Waals surface area contributed by atoms with Crippen LogP contribution in [0, 0.1) is 17.3 Å². The molecule has 2 saturated carbocycles. The molecule has 2 spiro atoms. The monoisotopic (exact) mass is 498 g/mol. The van der Waals surface area contributed by atoms with Gasteiger partial charge in [-0.2, -0.15) is 0 Å². The molecule has 7 rings (SSSR count). The van der Waals surface area contributed by atoms with Crippen LogP contribution in [0.25, 0.3) is 16.7 Å². The average Bonchev–Trinajstić information content (AvgIpc) is 3.52. The van der Waals surface area contributed by atoms with Crippen molar-refractivity contribution in [2.45, 2.75) is 86.2 Å². The number of nitrogens with zero attached hydrogens (tertiary/aromatic N) is 2. The van der Waals surface area contributed by atoms with Crippen molar-refractivity contribution in [2.24, 2.45) is 17.3 Å². The van der Waals surface area contributed by atoms with Gasteiger partial charge in [-0.3, -0.25) is 0 Å². The third-order valence-electron chi connectivity index (χ3n) is 10.8. The third kappa shape index (κ3) is 2.73. The summed E-state index contributed by atoms with van der Waals surface area (Å²) >= 11 is 7.60. The molecular weight excluding hydrogens is 464 g/mol. The molecule has 4 fully saturated rings. The summed E-state index contributed by atoms with van der Waals surface area (Å²) in [6.45, 7) is 2.40. The Morgan fingerprint density at radius 2 is 1.91 bits per heavy atom. The molecule has 0 radical (unpaired) electrons. The van der Waals surface area contributed by atoms with Gasteiger partial charge in [0, 0.05) is 17.9 Å². The molecule has 2 aromatic rings. The van der Waals surface area contributed by atoms with E-state index >= 15 is 0 Å². The van der Waals surface area contributed by atoms with E-state index in [1.807, 2.05) is 25.1 Å². The topological polar surface area (TPSA) is 79.0 Å².